The van der Waals surface area contributed by atoms with E-state index in [0.29, 0.717) is 17.1 Å². The van der Waals surface area contributed by atoms with Crippen molar-refractivity contribution in [1.29, 1.82) is 0 Å². The maximum atomic E-state index is 11.2. The van der Waals surface area contributed by atoms with Crippen molar-refractivity contribution in [3.63, 3.8) is 0 Å². The van der Waals surface area contributed by atoms with Gasteiger partial charge in [-0.15, -0.1) is 0 Å². The summed E-state index contributed by atoms with van der Waals surface area (Å²) < 4.78 is 5.57. The van der Waals surface area contributed by atoms with E-state index in [2.05, 4.69) is 0 Å². The molecule has 4 heteroatoms. The van der Waals surface area contributed by atoms with Gasteiger partial charge < -0.3 is 10.5 Å². The zero-order valence-electron chi connectivity index (χ0n) is 8.59. The number of nitrogens with two attached hydrogens (primary N) is 1. The van der Waals surface area contributed by atoms with Crippen LogP contribution in [0.1, 0.15) is 10.4 Å². The second kappa shape index (κ2) is 6.93. The number of ether oxygens (including phenoxy) is 1. The molecule has 0 bridgehead atoms. The Morgan fingerprint density at radius 2 is 1.53 bits per heavy atom. The second-order valence-corrected chi connectivity index (χ2v) is 3.28. The molecule has 0 radical (unpaired) electrons. The van der Waals surface area contributed by atoms with E-state index in [1.165, 1.54) is 0 Å². The van der Waals surface area contributed by atoms with Crippen molar-refractivity contribution in [2.24, 2.45) is 5.73 Å². The van der Waals surface area contributed by atoms with E-state index in [4.69, 9.17) is 10.5 Å². The quantitative estimate of drug-likeness (QED) is 0.850. The van der Waals surface area contributed by atoms with Gasteiger partial charge in [-0.2, -0.15) is 0 Å². The number of carbonyl (C=O) groups is 1. The Kier molecular flexibility index (Phi) is 5.87. The molecule has 3 nitrogen and oxygen atoms in total. The Labute approximate surface area is 142 Å². The van der Waals surface area contributed by atoms with Crippen LogP contribution in [0.25, 0.3) is 0 Å². The van der Waals surface area contributed by atoms with E-state index in [9.17, 15) is 4.79 Å². The van der Waals surface area contributed by atoms with Crippen molar-refractivity contribution in [2.45, 2.75) is 0 Å². The van der Waals surface area contributed by atoms with Gasteiger partial charge in [0.1, 0.15) is 11.5 Å². The van der Waals surface area contributed by atoms with E-state index in [1.54, 1.807) is 24.3 Å². The number of hydrogen-bond acceptors (Lipinski definition) is 2. The van der Waals surface area contributed by atoms with Crippen LogP contribution in [0.5, 0.6) is 11.5 Å². The normalized spacial score (nSPS) is 9.18. The Hall–Kier alpha value is -0.654. The van der Waals surface area contributed by atoms with E-state index < -0.39 is 5.91 Å². The summed E-state index contributed by atoms with van der Waals surface area (Å²) in [5, 5.41) is 0. The third-order valence-corrected chi connectivity index (χ3v) is 2.12. The van der Waals surface area contributed by atoms with Crippen LogP contribution in [-0.2, 0) is 0 Å². The summed E-state index contributed by atoms with van der Waals surface area (Å²) in [6.45, 7) is 0. The van der Waals surface area contributed by atoms with Crippen molar-refractivity contribution in [1.82, 2.24) is 0 Å². The Morgan fingerprint density at radius 1 is 0.941 bits per heavy atom. The molecule has 0 atom stereocenters. The summed E-state index contributed by atoms with van der Waals surface area (Å²) in [5.74, 6) is 0.656. The van der Waals surface area contributed by atoms with Crippen molar-refractivity contribution in [3.05, 3.63) is 60.2 Å². The van der Waals surface area contributed by atoms with E-state index in [0.717, 1.165) is 0 Å². The van der Waals surface area contributed by atoms with Crippen molar-refractivity contribution >= 4 is 57.3 Å². The molecule has 82 valence electrons. The van der Waals surface area contributed by atoms with E-state index in [-0.39, 0.29) is 51.4 Å². The molecule has 0 aliphatic carbocycles. The molecular formula is C13H12KNO2. The molecule has 0 saturated carbocycles. The van der Waals surface area contributed by atoms with Crippen LogP contribution in [0.2, 0.25) is 0 Å². The summed E-state index contributed by atoms with van der Waals surface area (Å²) in [6.07, 6.45) is 0. The topological polar surface area (TPSA) is 52.3 Å². The fourth-order valence-corrected chi connectivity index (χ4v) is 1.37. The van der Waals surface area contributed by atoms with Crippen LogP contribution in [0.4, 0.5) is 0 Å². The number of carbonyl (C=O) groups excluding carboxylic acids is 1. The Morgan fingerprint density at radius 3 is 2.18 bits per heavy atom. The van der Waals surface area contributed by atoms with Crippen LogP contribution in [-0.4, -0.2) is 57.3 Å². The number of rotatable bonds is 3. The molecular weight excluding hydrogens is 241 g/mol. The second-order valence-electron chi connectivity index (χ2n) is 3.28. The summed E-state index contributed by atoms with van der Waals surface area (Å²) >= 11 is 0. The molecule has 0 unspecified atom stereocenters. The zero-order chi connectivity index (χ0) is 11.4. The first-order chi connectivity index (χ1) is 7.77. The first kappa shape index (κ1) is 14.4. The van der Waals surface area contributed by atoms with Gasteiger partial charge in [-0.1, -0.05) is 30.3 Å². The molecule has 0 aliphatic heterocycles. The number of hydrogen-bond donors (Lipinski definition) is 1. The third kappa shape index (κ3) is 3.94. The van der Waals surface area contributed by atoms with Gasteiger partial charge in [0.2, 0.25) is 0 Å². The predicted molar refractivity (Wildman–Crippen MR) is 68.6 cm³/mol. The third-order valence-electron chi connectivity index (χ3n) is 2.12. The van der Waals surface area contributed by atoms with Gasteiger partial charge in [0.05, 0.1) is 5.56 Å². The van der Waals surface area contributed by atoms with Crippen LogP contribution < -0.4 is 10.5 Å². The maximum absolute atomic E-state index is 11.2. The van der Waals surface area contributed by atoms with Gasteiger partial charge in [0.15, 0.2) is 0 Å². The van der Waals surface area contributed by atoms with Crippen LogP contribution >= 0.6 is 0 Å². The SMILES string of the molecule is NC(=O)c1ccccc1Oc1ccccc1.[KH]. The minimum atomic E-state index is -0.494. The van der Waals surface area contributed by atoms with Gasteiger partial charge in [0.25, 0.3) is 5.91 Å². The number of amides is 1. The van der Waals surface area contributed by atoms with Crippen LogP contribution in [0, 0.1) is 0 Å². The molecule has 0 spiro atoms. The average Bonchev–Trinajstić information content (AvgIpc) is 2.31. The molecule has 0 fully saturated rings. The zero-order valence-corrected chi connectivity index (χ0v) is 8.59. The van der Waals surface area contributed by atoms with Gasteiger partial charge in [-0.05, 0) is 24.3 Å². The van der Waals surface area contributed by atoms with Crippen molar-refractivity contribution < 1.29 is 9.53 Å². The van der Waals surface area contributed by atoms with Gasteiger partial charge >= 0.3 is 51.4 Å². The van der Waals surface area contributed by atoms with Gasteiger partial charge in [0, 0.05) is 0 Å². The molecule has 2 aromatic carbocycles. The molecule has 0 saturated heterocycles. The fourth-order valence-electron chi connectivity index (χ4n) is 1.37. The predicted octanol–water partition coefficient (Wildman–Crippen LogP) is 1.93. The van der Waals surface area contributed by atoms with E-state index in [1.807, 2.05) is 30.3 Å². The summed E-state index contributed by atoms with van der Waals surface area (Å²) in [6, 6.07) is 16.2. The van der Waals surface area contributed by atoms with Gasteiger partial charge in [-0.3, -0.25) is 4.79 Å². The summed E-state index contributed by atoms with van der Waals surface area (Å²) in [4.78, 5) is 11.2. The first-order valence-electron chi connectivity index (χ1n) is 4.89. The molecule has 0 aromatic heterocycles. The van der Waals surface area contributed by atoms with Gasteiger partial charge in [-0.25, -0.2) is 0 Å². The molecule has 0 aliphatic rings. The monoisotopic (exact) mass is 253 g/mol. The molecule has 17 heavy (non-hydrogen) atoms. The molecule has 1 amide bonds. The number of para-hydroxylation sites is 2. The summed E-state index contributed by atoms with van der Waals surface area (Å²) in [7, 11) is 0. The number of primary amides is 1. The van der Waals surface area contributed by atoms with Crippen LogP contribution in [0.15, 0.2) is 54.6 Å². The average molecular weight is 253 g/mol. The van der Waals surface area contributed by atoms with Crippen molar-refractivity contribution in [3.8, 4) is 11.5 Å². The molecule has 2 N–H and O–H groups in total. The Bertz CT molecular complexity index is 500. The molecule has 2 aromatic rings. The molecule has 2 rings (SSSR count). The van der Waals surface area contributed by atoms with E-state index >= 15 is 0 Å². The molecule has 0 heterocycles. The number of benzene rings is 2. The Balaban J connectivity index is 0.00000144. The standard InChI is InChI=1S/C13H11NO2.K.H/c14-13(15)11-8-4-5-9-12(11)16-10-6-2-1-3-7-10;;/h1-9H,(H2,14,15);;. The fraction of sp³-hybridized carbons (Fsp3) is 0. The van der Waals surface area contributed by atoms with Crippen LogP contribution in [0.3, 0.4) is 0 Å². The first-order valence-corrected chi connectivity index (χ1v) is 4.89. The minimum absolute atomic E-state index is 0. The summed E-state index contributed by atoms with van der Waals surface area (Å²) in [5.41, 5.74) is 5.63. The van der Waals surface area contributed by atoms with Crippen molar-refractivity contribution in [2.75, 3.05) is 0 Å².